The minimum atomic E-state index is -0.819. The monoisotopic (exact) mass is 213 g/mol. The lowest BCUT2D eigenvalue weighted by molar-refractivity contribution is -0.136. The summed E-state index contributed by atoms with van der Waals surface area (Å²) in [5, 5.41) is 12.0. The molecule has 0 saturated carbocycles. The summed E-state index contributed by atoms with van der Waals surface area (Å²) in [6.07, 6.45) is 0.0875. The van der Waals surface area contributed by atoms with E-state index in [0.29, 0.717) is 11.6 Å². The summed E-state index contributed by atoms with van der Waals surface area (Å²) < 4.78 is 0. The Bertz CT molecular complexity index is 339. The molecule has 1 rings (SSSR count). The Kier molecular flexibility index (Phi) is 3.77. The zero-order valence-electron chi connectivity index (χ0n) is 7.88. The van der Waals surface area contributed by atoms with Crippen LogP contribution in [0.5, 0.6) is 0 Å². The Labute approximate surface area is 87.7 Å². The third-order valence-electron chi connectivity index (χ3n) is 1.78. The van der Waals surface area contributed by atoms with Crippen molar-refractivity contribution < 1.29 is 9.90 Å². The van der Waals surface area contributed by atoms with Gasteiger partial charge in [0.25, 0.3) is 0 Å². The molecule has 0 aliphatic rings. The predicted molar refractivity (Wildman–Crippen MR) is 56.9 cm³/mol. The van der Waals surface area contributed by atoms with E-state index < -0.39 is 5.97 Å². The quantitative estimate of drug-likeness (QED) is 0.808. The number of aryl methyl sites for hydroxylation is 1. The van der Waals surface area contributed by atoms with Crippen LogP contribution in [-0.2, 0) is 4.79 Å². The highest BCUT2D eigenvalue weighted by atomic mass is 35.5. The van der Waals surface area contributed by atoms with Crippen molar-refractivity contribution in [3.63, 3.8) is 0 Å². The lowest BCUT2D eigenvalue weighted by atomic mass is 10.2. The average Bonchev–Trinajstić information content (AvgIpc) is 2.08. The molecule has 0 spiro atoms. The maximum Gasteiger partial charge on any atom is 0.305 e. The van der Waals surface area contributed by atoms with E-state index in [1.54, 1.807) is 0 Å². The molecular weight excluding hydrogens is 202 g/mol. The Morgan fingerprint density at radius 2 is 2.29 bits per heavy atom. The Morgan fingerprint density at radius 3 is 2.86 bits per heavy atom. The summed E-state index contributed by atoms with van der Waals surface area (Å²) in [5.41, 5.74) is 1.86. The molecule has 0 amide bonds. The van der Waals surface area contributed by atoms with Gasteiger partial charge in [-0.15, -0.1) is 0 Å². The number of anilines is 1. The standard InChI is InChI=1S/C10H12ClNO2/c1-7-2-3-9(8(11)6-7)12-5-4-10(13)14/h2-3,6,12H,4-5H2,1H3,(H,13,14). The van der Waals surface area contributed by atoms with Crippen molar-refractivity contribution in [2.75, 3.05) is 11.9 Å². The normalized spacial score (nSPS) is 9.86. The zero-order valence-corrected chi connectivity index (χ0v) is 8.64. The molecule has 76 valence electrons. The molecule has 0 bridgehead atoms. The van der Waals surface area contributed by atoms with Crippen molar-refractivity contribution in [2.24, 2.45) is 0 Å². The van der Waals surface area contributed by atoms with E-state index in [-0.39, 0.29) is 6.42 Å². The second-order valence-corrected chi connectivity index (χ2v) is 3.46. The van der Waals surface area contributed by atoms with Crippen molar-refractivity contribution in [1.82, 2.24) is 0 Å². The summed E-state index contributed by atoms with van der Waals surface area (Å²) >= 11 is 5.93. The molecular formula is C10H12ClNO2. The number of halogens is 1. The third-order valence-corrected chi connectivity index (χ3v) is 2.09. The summed E-state index contributed by atoms with van der Waals surface area (Å²) in [7, 11) is 0. The second-order valence-electron chi connectivity index (χ2n) is 3.05. The Morgan fingerprint density at radius 1 is 1.57 bits per heavy atom. The van der Waals surface area contributed by atoms with Gasteiger partial charge >= 0.3 is 5.97 Å². The second kappa shape index (κ2) is 4.86. The van der Waals surface area contributed by atoms with Crippen molar-refractivity contribution >= 4 is 23.3 Å². The lowest BCUT2D eigenvalue weighted by Gasteiger charge is -2.07. The lowest BCUT2D eigenvalue weighted by Crippen LogP contribution is -2.07. The van der Waals surface area contributed by atoms with E-state index in [1.165, 1.54) is 0 Å². The molecule has 0 fully saturated rings. The van der Waals surface area contributed by atoms with E-state index >= 15 is 0 Å². The molecule has 1 aromatic carbocycles. The minimum absolute atomic E-state index is 0.0875. The smallest absolute Gasteiger partial charge is 0.305 e. The SMILES string of the molecule is Cc1ccc(NCCC(=O)O)c(Cl)c1. The number of carboxylic acids is 1. The fraction of sp³-hybridized carbons (Fsp3) is 0.300. The van der Waals surface area contributed by atoms with Gasteiger partial charge in [0.15, 0.2) is 0 Å². The van der Waals surface area contributed by atoms with Crippen LogP contribution in [0.4, 0.5) is 5.69 Å². The molecule has 2 N–H and O–H groups in total. The van der Waals surface area contributed by atoms with Crippen LogP contribution in [0.3, 0.4) is 0 Å². The van der Waals surface area contributed by atoms with Crippen LogP contribution in [0.25, 0.3) is 0 Å². The fourth-order valence-electron chi connectivity index (χ4n) is 1.07. The van der Waals surface area contributed by atoms with Gasteiger partial charge in [-0.05, 0) is 24.6 Å². The van der Waals surface area contributed by atoms with Crippen LogP contribution in [0, 0.1) is 6.92 Å². The average molecular weight is 214 g/mol. The highest BCUT2D eigenvalue weighted by Gasteiger charge is 2.00. The van der Waals surface area contributed by atoms with Crippen LogP contribution < -0.4 is 5.32 Å². The number of nitrogens with one attached hydrogen (secondary N) is 1. The number of rotatable bonds is 4. The highest BCUT2D eigenvalue weighted by Crippen LogP contribution is 2.22. The molecule has 0 heterocycles. The third kappa shape index (κ3) is 3.26. The molecule has 0 atom stereocenters. The Balaban J connectivity index is 2.55. The van der Waals surface area contributed by atoms with Crippen LogP contribution in [0.2, 0.25) is 5.02 Å². The molecule has 0 aliphatic carbocycles. The molecule has 14 heavy (non-hydrogen) atoms. The number of hydrogen-bond donors (Lipinski definition) is 2. The number of carbonyl (C=O) groups is 1. The van der Waals surface area contributed by atoms with Gasteiger partial charge in [-0.1, -0.05) is 17.7 Å². The molecule has 0 saturated heterocycles. The van der Waals surface area contributed by atoms with E-state index in [2.05, 4.69) is 5.32 Å². The molecule has 0 aromatic heterocycles. The van der Waals surface area contributed by atoms with Gasteiger partial charge in [0.2, 0.25) is 0 Å². The van der Waals surface area contributed by atoms with Crippen LogP contribution >= 0.6 is 11.6 Å². The predicted octanol–water partition coefficient (Wildman–Crippen LogP) is 2.54. The number of hydrogen-bond acceptors (Lipinski definition) is 2. The van der Waals surface area contributed by atoms with E-state index in [4.69, 9.17) is 16.7 Å². The summed E-state index contributed by atoms with van der Waals surface area (Å²) in [4.78, 5) is 10.3. The molecule has 0 radical (unpaired) electrons. The Hall–Kier alpha value is -1.22. The van der Waals surface area contributed by atoms with Gasteiger partial charge in [0, 0.05) is 6.54 Å². The van der Waals surface area contributed by atoms with Crippen LogP contribution in [0.1, 0.15) is 12.0 Å². The summed E-state index contributed by atoms with van der Waals surface area (Å²) in [6, 6.07) is 5.61. The number of carboxylic acid groups (broad SMARTS) is 1. The van der Waals surface area contributed by atoms with Crippen molar-refractivity contribution in [1.29, 1.82) is 0 Å². The summed E-state index contributed by atoms with van der Waals surface area (Å²) in [5.74, 6) is -0.819. The zero-order chi connectivity index (χ0) is 10.6. The van der Waals surface area contributed by atoms with Gasteiger partial charge in [0.05, 0.1) is 17.1 Å². The van der Waals surface area contributed by atoms with Gasteiger partial charge in [-0.3, -0.25) is 4.79 Å². The largest absolute Gasteiger partial charge is 0.481 e. The van der Waals surface area contributed by atoms with Crippen LogP contribution in [-0.4, -0.2) is 17.6 Å². The van der Waals surface area contributed by atoms with Gasteiger partial charge in [0.1, 0.15) is 0 Å². The first-order valence-corrected chi connectivity index (χ1v) is 4.69. The molecule has 3 nitrogen and oxygen atoms in total. The van der Waals surface area contributed by atoms with Crippen molar-refractivity contribution in [3.8, 4) is 0 Å². The van der Waals surface area contributed by atoms with Crippen LogP contribution in [0.15, 0.2) is 18.2 Å². The number of benzene rings is 1. The van der Waals surface area contributed by atoms with Gasteiger partial charge in [-0.2, -0.15) is 0 Å². The molecule has 4 heteroatoms. The van der Waals surface area contributed by atoms with E-state index in [9.17, 15) is 4.79 Å². The maximum atomic E-state index is 10.3. The van der Waals surface area contributed by atoms with E-state index in [0.717, 1.165) is 11.3 Å². The molecule has 1 aromatic rings. The first kappa shape index (κ1) is 10.9. The minimum Gasteiger partial charge on any atom is -0.481 e. The first-order valence-electron chi connectivity index (χ1n) is 4.31. The van der Waals surface area contributed by atoms with Crippen molar-refractivity contribution in [3.05, 3.63) is 28.8 Å². The number of aliphatic carboxylic acids is 1. The summed E-state index contributed by atoms with van der Waals surface area (Å²) in [6.45, 7) is 2.34. The van der Waals surface area contributed by atoms with Gasteiger partial charge < -0.3 is 10.4 Å². The van der Waals surface area contributed by atoms with Gasteiger partial charge in [-0.25, -0.2) is 0 Å². The molecule has 0 unspecified atom stereocenters. The molecule has 0 aliphatic heterocycles. The highest BCUT2D eigenvalue weighted by molar-refractivity contribution is 6.33. The first-order chi connectivity index (χ1) is 6.59. The fourth-order valence-corrected chi connectivity index (χ4v) is 1.37. The van der Waals surface area contributed by atoms with E-state index in [1.807, 2.05) is 25.1 Å². The topological polar surface area (TPSA) is 49.3 Å². The van der Waals surface area contributed by atoms with Crippen molar-refractivity contribution in [2.45, 2.75) is 13.3 Å². The maximum absolute atomic E-state index is 10.3.